The third-order valence-corrected chi connectivity index (χ3v) is 5.54. The monoisotopic (exact) mass is 297 g/mol. The van der Waals surface area contributed by atoms with Gasteiger partial charge in [-0.3, -0.25) is 0 Å². The van der Waals surface area contributed by atoms with Crippen LogP contribution in [-0.2, 0) is 10.0 Å². The van der Waals surface area contributed by atoms with E-state index < -0.39 is 10.0 Å². The van der Waals surface area contributed by atoms with Crippen molar-refractivity contribution >= 4 is 15.7 Å². The van der Waals surface area contributed by atoms with Gasteiger partial charge < -0.3 is 10.2 Å². The molecule has 112 valence electrons. The Morgan fingerprint density at radius 1 is 1.10 bits per heavy atom. The number of piperazine rings is 1. The van der Waals surface area contributed by atoms with Crippen LogP contribution in [0.5, 0.6) is 0 Å². The molecule has 1 N–H and O–H groups in total. The molecule has 0 aliphatic carbocycles. The van der Waals surface area contributed by atoms with E-state index in [0.717, 1.165) is 19.6 Å². The summed E-state index contributed by atoms with van der Waals surface area (Å²) < 4.78 is 26.0. The summed E-state index contributed by atoms with van der Waals surface area (Å²) in [6.07, 6.45) is 0.664. The Bertz CT molecular complexity index is 496. The number of nitrogens with one attached hydrogen (secondary N) is 1. The fourth-order valence-electron chi connectivity index (χ4n) is 2.42. The van der Waals surface area contributed by atoms with Crippen molar-refractivity contribution in [1.29, 1.82) is 0 Å². The Morgan fingerprint density at radius 2 is 1.75 bits per heavy atom. The fourth-order valence-corrected chi connectivity index (χ4v) is 3.91. The van der Waals surface area contributed by atoms with Crippen molar-refractivity contribution in [2.75, 3.05) is 50.4 Å². The highest BCUT2D eigenvalue weighted by Gasteiger charge is 2.26. The molecule has 2 rings (SSSR count). The molecule has 5 nitrogen and oxygen atoms in total. The van der Waals surface area contributed by atoms with E-state index in [1.807, 2.05) is 25.2 Å². The van der Waals surface area contributed by atoms with Crippen LogP contribution in [0.1, 0.15) is 6.42 Å². The second-order valence-electron chi connectivity index (χ2n) is 4.99. The van der Waals surface area contributed by atoms with Crippen molar-refractivity contribution < 1.29 is 8.42 Å². The van der Waals surface area contributed by atoms with Crippen LogP contribution in [0.4, 0.5) is 5.69 Å². The van der Waals surface area contributed by atoms with Crippen LogP contribution in [0.3, 0.4) is 0 Å². The van der Waals surface area contributed by atoms with Gasteiger partial charge in [0.05, 0.1) is 5.75 Å². The lowest BCUT2D eigenvalue weighted by Crippen LogP contribution is -2.49. The molecule has 1 heterocycles. The Morgan fingerprint density at radius 3 is 2.35 bits per heavy atom. The zero-order chi connectivity index (χ0) is 14.4. The SMILES string of the molecule is CNCCCS(=O)(=O)N1CCN(c2ccccc2)CC1. The highest BCUT2D eigenvalue weighted by Crippen LogP contribution is 2.17. The minimum Gasteiger partial charge on any atom is -0.369 e. The molecule has 0 amide bonds. The fraction of sp³-hybridized carbons (Fsp3) is 0.571. The summed E-state index contributed by atoms with van der Waals surface area (Å²) in [5, 5.41) is 2.98. The van der Waals surface area contributed by atoms with Crippen molar-refractivity contribution in [3.63, 3.8) is 0 Å². The minimum absolute atomic E-state index is 0.235. The molecule has 0 saturated carbocycles. The van der Waals surface area contributed by atoms with E-state index in [2.05, 4.69) is 22.3 Å². The van der Waals surface area contributed by atoms with E-state index in [-0.39, 0.29) is 5.75 Å². The zero-order valence-corrected chi connectivity index (χ0v) is 12.8. The van der Waals surface area contributed by atoms with E-state index in [1.165, 1.54) is 5.69 Å². The number of sulfonamides is 1. The average molecular weight is 297 g/mol. The first-order chi connectivity index (χ1) is 9.63. The minimum atomic E-state index is -3.09. The Labute approximate surface area is 121 Å². The van der Waals surface area contributed by atoms with Crippen LogP contribution in [-0.4, -0.2) is 58.2 Å². The maximum Gasteiger partial charge on any atom is 0.214 e. The molecule has 1 aromatic rings. The molecule has 1 saturated heterocycles. The molecular formula is C14H23N3O2S. The van der Waals surface area contributed by atoms with Gasteiger partial charge in [0.2, 0.25) is 10.0 Å². The number of rotatable bonds is 6. The molecule has 1 aliphatic heterocycles. The number of anilines is 1. The first-order valence-corrected chi connectivity index (χ1v) is 8.67. The largest absolute Gasteiger partial charge is 0.369 e. The van der Waals surface area contributed by atoms with Crippen LogP contribution in [0.15, 0.2) is 30.3 Å². The van der Waals surface area contributed by atoms with Gasteiger partial charge >= 0.3 is 0 Å². The highest BCUT2D eigenvalue weighted by atomic mass is 32.2. The highest BCUT2D eigenvalue weighted by molar-refractivity contribution is 7.89. The Balaban J connectivity index is 1.88. The van der Waals surface area contributed by atoms with Crippen molar-refractivity contribution in [2.24, 2.45) is 0 Å². The summed E-state index contributed by atoms with van der Waals surface area (Å²) in [4.78, 5) is 2.24. The van der Waals surface area contributed by atoms with E-state index in [0.29, 0.717) is 19.5 Å². The molecule has 0 radical (unpaired) electrons. The third-order valence-electron chi connectivity index (χ3n) is 3.58. The van der Waals surface area contributed by atoms with E-state index in [9.17, 15) is 8.42 Å². The molecule has 0 spiro atoms. The second-order valence-corrected chi connectivity index (χ2v) is 7.08. The van der Waals surface area contributed by atoms with Gasteiger partial charge in [-0.1, -0.05) is 18.2 Å². The van der Waals surface area contributed by atoms with Gasteiger partial charge in [-0.15, -0.1) is 0 Å². The lowest BCUT2D eigenvalue weighted by Gasteiger charge is -2.35. The number of hydrogen-bond acceptors (Lipinski definition) is 4. The van der Waals surface area contributed by atoms with Crippen LogP contribution >= 0.6 is 0 Å². The summed E-state index contributed by atoms with van der Waals surface area (Å²) in [5.74, 6) is 0.235. The standard InChI is InChI=1S/C14H23N3O2S/c1-15-8-5-13-20(18,19)17-11-9-16(10-12-17)14-6-3-2-4-7-14/h2-4,6-7,15H,5,8-13H2,1H3. The van der Waals surface area contributed by atoms with Gasteiger partial charge in [0.25, 0.3) is 0 Å². The number of hydrogen-bond donors (Lipinski definition) is 1. The van der Waals surface area contributed by atoms with Crippen molar-refractivity contribution in [3.8, 4) is 0 Å². The molecule has 20 heavy (non-hydrogen) atoms. The van der Waals surface area contributed by atoms with Crippen molar-refractivity contribution in [2.45, 2.75) is 6.42 Å². The number of benzene rings is 1. The quantitative estimate of drug-likeness (QED) is 0.787. The maximum atomic E-state index is 12.2. The molecule has 0 atom stereocenters. The van der Waals surface area contributed by atoms with Gasteiger partial charge in [0.15, 0.2) is 0 Å². The molecule has 0 unspecified atom stereocenters. The zero-order valence-electron chi connectivity index (χ0n) is 12.0. The van der Waals surface area contributed by atoms with E-state index >= 15 is 0 Å². The lowest BCUT2D eigenvalue weighted by molar-refractivity contribution is 0.384. The van der Waals surface area contributed by atoms with E-state index in [4.69, 9.17) is 0 Å². The molecular weight excluding hydrogens is 274 g/mol. The first kappa shape index (κ1) is 15.3. The van der Waals surface area contributed by atoms with Crippen molar-refractivity contribution in [1.82, 2.24) is 9.62 Å². The van der Waals surface area contributed by atoms with Gasteiger partial charge in [-0.05, 0) is 32.1 Å². The van der Waals surface area contributed by atoms with E-state index in [1.54, 1.807) is 4.31 Å². The van der Waals surface area contributed by atoms with Crippen LogP contribution in [0.25, 0.3) is 0 Å². The maximum absolute atomic E-state index is 12.2. The summed E-state index contributed by atoms with van der Waals surface area (Å²) in [5.41, 5.74) is 1.17. The Kier molecular flexibility index (Phi) is 5.39. The van der Waals surface area contributed by atoms with Crippen molar-refractivity contribution in [3.05, 3.63) is 30.3 Å². The van der Waals surface area contributed by atoms with Gasteiger partial charge in [0, 0.05) is 31.9 Å². The molecule has 6 heteroatoms. The summed E-state index contributed by atoms with van der Waals surface area (Å²) in [6.45, 7) is 3.42. The third kappa shape index (κ3) is 3.94. The smallest absolute Gasteiger partial charge is 0.214 e. The number of para-hydroxylation sites is 1. The summed E-state index contributed by atoms with van der Waals surface area (Å²) >= 11 is 0. The summed E-state index contributed by atoms with van der Waals surface area (Å²) in [7, 11) is -1.26. The Hall–Kier alpha value is -1.11. The molecule has 1 aliphatic rings. The predicted molar refractivity (Wildman–Crippen MR) is 82.6 cm³/mol. The van der Waals surface area contributed by atoms with Gasteiger partial charge in [0.1, 0.15) is 0 Å². The lowest BCUT2D eigenvalue weighted by atomic mass is 10.2. The topological polar surface area (TPSA) is 52.7 Å². The molecule has 1 aromatic carbocycles. The van der Waals surface area contributed by atoms with Crippen LogP contribution in [0, 0.1) is 0 Å². The molecule has 0 aromatic heterocycles. The van der Waals surface area contributed by atoms with Crippen LogP contribution in [0.2, 0.25) is 0 Å². The second kappa shape index (κ2) is 7.06. The summed E-state index contributed by atoms with van der Waals surface area (Å²) in [6, 6.07) is 10.1. The first-order valence-electron chi connectivity index (χ1n) is 7.06. The van der Waals surface area contributed by atoms with Gasteiger partial charge in [-0.2, -0.15) is 4.31 Å². The number of nitrogens with zero attached hydrogens (tertiary/aromatic N) is 2. The molecule has 1 fully saturated rings. The average Bonchev–Trinajstić information content (AvgIpc) is 2.48. The van der Waals surface area contributed by atoms with Crippen LogP contribution < -0.4 is 10.2 Å². The molecule has 0 bridgehead atoms. The normalized spacial score (nSPS) is 17.4. The van der Waals surface area contributed by atoms with Gasteiger partial charge in [-0.25, -0.2) is 8.42 Å². The predicted octanol–water partition coefficient (Wildman–Crippen LogP) is 0.748.